The van der Waals surface area contributed by atoms with E-state index in [1.54, 1.807) is 19.4 Å². The quantitative estimate of drug-likeness (QED) is 0.561. The first kappa shape index (κ1) is 19.4. The average molecular weight is 375 g/mol. The van der Waals surface area contributed by atoms with Crippen LogP contribution in [0.3, 0.4) is 0 Å². The highest BCUT2D eigenvalue weighted by Gasteiger charge is 2.12. The maximum absolute atomic E-state index is 12.6. The fourth-order valence-electron chi connectivity index (χ4n) is 2.94. The minimum Gasteiger partial charge on any atom is -0.495 e. The van der Waals surface area contributed by atoms with Crippen molar-refractivity contribution in [2.75, 3.05) is 24.3 Å². The van der Waals surface area contributed by atoms with Crippen molar-refractivity contribution in [3.63, 3.8) is 0 Å². The summed E-state index contributed by atoms with van der Waals surface area (Å²) in [7, 11) is 1.58. The van der Waals surface area contributed by atoms with Crippen LogP contribution in [0.4, 0.5) is 11.4 Å². The zero-order chi connectivity index (χ0) is 19.8. The molecule has 0 spiro atoms. The van der Waals surface area contributed by atoms with Gasteiger partial charge in [0, 0.05) is 18.4 Å². The van der Waals surface area contributed by atoms with E-state index in [1.165, 1.54) is 5.56 Å². The van der Waals surface area contributed by atoms with Crippen LogP contribution in [0.2, 0.25) is 0 Å². The van der Waals surface area contributed by atoms with E-state index in [4.69, 9.17) is 4.74 Å². The van der Waals surface area contributed by atoms with Crippen LogP contribution < -0.4 is 15.4 Å². The van der Waals surface area contributed by atoms with Gasteiger partial charge in [0.1, 0.15) is 11.4 Å². The zero-order valence-corrected chi connectivity index (χ0v) is 16.2. The summed E-state index contributed by atoms with van der Waals surface area (Å²) in [5.41, 5.74) is 4.24. The molecule has 0 saturated carbocycles. The van der Waals surface area contributed by atoms with Crippen LogP contribution in [0.25, 0.3) is 0 Å². The number of aromatic nitrogens is 1. The SMILES string of the molecule is COc1ccc(C)cc1NC(=O)c1cc(NCCCc2ccccc2)ccn1. The smallest absolute Gasteiger partial charge is 0.274 e. The van der Waals surface area contributed by atoms with E-state index < -0.39 is 0 Å². The standard InChI is InChI=1S/C23H25N3O2/c1-17-10-11-22(28-2)20(15-17)26-23(27)21-16-19(12-14-25-21)24-13-6-9-18-7-4-3-5-8-18/h3-5,7-8,10-12,14-16H,6,9,13H2,1-2H3,(H,24,25)(H,26,27). The van der Waals surface area contributed by atoms with Crippen LogP contribution in [-0.2, 0) is 6.42 Å². The van der Waals surface area contributed by atoms with Crippen LogP contribution in [-0.4, -0.2) is 24.5 Å². The van der Waals surface area contributed by atoms with Gasteiger partial charge in [-0.1, -0.05) is 36.4 Å². The molecule has 3 aromatic rings. The summed E-state index contributed by atoms with van der Waals surface area (Å²) in [6, 6.07) is 19.7. The Hall–Kier alpha value is -3.34. The van der Waals surface area contributed by atoms with Crippen molar-refractivity contribution in [3.8, 4) is 5.75 Å². The fourth-order valence-corrected chi connectivity index (χ4v) is 2.94. The Balaban J connectivity index is 1.58. The summed E-state index contributed by atoms with van der Waals surface area (Å²) in [4.78, 5) is 16.8. The Morgan fingerprint density at radius 1 is 1.07 bits per heavy atom. The van der Waals surface area contributed by atoms with Gasteiger partial charge in [0.25, 0.3) is 5.91 Å². The molecule has 1 heterocycles. The van der Waals surface area contributed by atoms with Gasteiger partial charge in [0.2, 0.25) is 0 Å². The lowest BCUT2D eigenvalue weighted by Crippen LogP contribution is -2.15. The van der Waals surface area contributed by atoms with E-state index in [2.05, 4.69) is 39.9 Å². The lowest BCUT2D eigenvalue weighted by atomic mass is 10.1. The van der Waals surface area contributed by atoms with Crippen LogP contribution in [0.5, 0.6) is 5.75 Å². The number of pyridine rings is 1. The topological polar surface area (TPSA) is 63.2 Å². The van der Waals surface area contributed by atoms with Gasteiger partial charge in [-0.3, -0.25) is 9.78 Å². The summed E-state index contributed by atoms with van der Waals surface area (Å²) >= 11 is 0. The molecule has 0 fully saturated rings. The van der Waals surface area contributed by atoms with E-state index >= 15 is 0 Å². The van der Waals surface area contributed by atoms with Gasteiger partial charge in [-0.25, -0.2) is 0 Å². The fraction of sp³-hybridized carbons (Fsp3) is 0.217. The number of aryl methyl sites for hydroxylation is 2. The van der Waals surface area contributed by atoms with Gasteiger partial charge in [0.05, 0.1) is 12.8 Å². The van der Waals surface area contributed by atoms with Crippen molar-refractivity contribution in [1.82, 2.24) is 4.98 Å². The Morgan fingerprint density at radius 2 is 1.89 bits per heavy atom. The van der Waals surface area contributed by atoms with Gasteiger partial charge in [0.15, 0.2) is 0 Å². The Bertz CT molecular complexity index is 926. The number of nitrogens with one attached hydrogen (secondary N) is 2. The van der Waals surface area contributed by atoms with Crippen LogP contribution >= 0.6 is 0 Å². The van der Waals surface area contributed by atoms with Crippen molar-refractivity contribution in [2.45, 2.75) is 19.8 Å². The molecule has 2 N–H and O–H groups in total. The molecular weight excluding hydrogens is 350 g/mol. The molecule has 1 aromatic heterocycles. The predicted molar refractivity (Wildman–Crippen MR) is 113 cm³/mol. The first-order valence-electron chi connectivity index (χ1n) is 9.35. The molecule has 1 amide bonds. The van der Waals surface area contributed by atoms with Crippen molar-refractivity contribution in [3.05, 3.63) is 83.7 Å². The minimum atomic E-state index is -0.267. The second kappa shape index (κ2) is 9.55. The predicted octanol–water partition coefficient (Wildman–Crippen LogP) is 4.70. The van der Waals surface area contributed by atoms with Gasteiger partial charge >= 0.3 is 0 Å². The molecule has 5 heteroatoms. The lowest BCUT2D eigenvalue weighted by molar-refractivity contribution is 0.102. The molecule has 144 valence electrons. The number of hydrogen-bond acceptors (Lipinski definition) is 4. The molecular formula is C23H25N3O2. The number of methoxy groups -OCH3 is 1. The maximum atomic E-state index is 12.6. The maximum Gasteiger partial charge on any atom is 0.274 e. The zero-order valence-electron chi connectivity index (χ0n) is 16.2. The Kier molecular flexibility index (Phi) is 6.63. The summed E-state index contributed by atoms with van der Waals surface area (Å²) < 4.78 is 5.32. The van der Waals surface area contributed by atoms with Crippen molar-refractivity contribution < 1.29 is 9.53 Å². The van der Waals surface area contributed by atoms with E-state index in [0.717, 1.165) is 30.6 Å². The molecule has 5 nitrogen and oxygen atoms in total. The number of carbonyl (C=O) groups excluding carboxylic acids is 1. The van der Waals surface area contributed by atoms with Gasteiger partial charge in [-0.15, -0.1) is 0 Å². The molecule has 0 bridgehead atoms. The number of carbonyl (C=O) groups is 1. The normalized spacial score (nSPS) is 10.4. The molecule has 0 aliphatic rings. The lowest BCUT2D eigenvalue weighted by Gasteiger charge is -2.11. The third-order valence-electron chi connectivity index (χ3n) is 4.41. The molecule has 0 atom stereocenters. The van der Waals surface area contributed by atoms with Crippen LogP contribution in [0.1, 0.15) is 28.0 Å². The summed E-state index contributed by atoms with van der Waals surface area (Å²) in [6.45, 7) is 2.79. The van der Waals surface area contributed by atoms with Gasteiger partial charge in [-0.05, 0) is 55.2 Å². The Labute approximate surface area is 165 Å². The van der Waals surface area contributed by atoms with Crippen molar-refractivity contribution >= 4 is 17.3 Å². The highest BCUT2D eigenvalue weighted by atomic mass is 16.5. The molecule has 3 rings (SSSR count). The highest BCUT2D eigenvalue weighted by Crippen LogP contribution is 2.25. The molecule has 0 aliphatic carbocycles. The second-order valence-electron chi connectivity index (χ2n) is 6.60. The number of ether oxygens (including phenoxy) is 1. The number of rotatable bonds is 8. The minimum absolute atomic E-state index is 0.267. The average Bonchev–Trinajstić information content (AvgIpc) is 2.72. The number of amides is 1. The largest absolute Gasteiger partial charge is 0.495 e. The number of hydrogen-bond donors (Lipinski definition) is 2. The number of nitrogens with zero attached hydrogens (tertiary/aromatic N) is 1. The number of benzene rings is 2. The van der Waals surface area contributed by atoms with Crippen LogP contribution in [0.15, 0.2) is 66.9 Å². The molecule has 0 aliphatic heterocycles. The van der Waals surface area contributed by atoms with Gasteiger partial charge < -0.3 is 15.4 Å². The van der Waals surface area contributed by atoms with Crippen molar-refractivity contribution in [2.24, 2.45) is 0 Å². The van der Waals surface area contributed by atoms with E-state index in [0.29, 0.717) is 17.1 Å². The van der Waals surface area contributed by atoms with Crippen LogP contribution in [0, 0.1) is 6.92 Å². The van der Waals surface area contributed by atoms with Crippen molar-refractivity contribution in [1.29, 1.82) is 0 Å². The highest BCUT2D eigenvalue weighted by molar-refractivity contribution is 6.04. The van der Waals surface area contributed by atoms with E-state index in [1.807, 2.05) is 37.3 Å². The first-order chi connectivity index (χ1) is 13.7. The molecule has 28 heavy (non-hydrogen) atoms. The summed E-state index contributed by atoms with van der Waals surface area (Å²) in [5.74, 6) is 0.353. The molecule has 2 aromatic carbocycles. The molecule has 0 unspecified atom stereocenters. The monoisotopic (exact) mass is 375 g/mol. The first-order valence-corrected chi connectivity index (χ1v) is 9.35. The van der Waals surface area contributed by atoms with E-state index in [9.17, 15) is 4.79 Å². The third kappa shape index (κ3) is 5.33. The second-order valence-corrected chi connectivity index (χ2v) is 6.60. The van der Waals surface area contributed by atoms with Gasteiger partial charge in [-0.2, -0.15) is 0 Å². The number of anilines is 2. The van der Waals surface area contributed by atoms with E-state index in [-0.39, 0.29) is 5.91 Å². The molecule has 0 radical (unpaired) electrons. The summed E-state index contributed by atoms with van der Waals surface area (Å²) in [5, 5.41) is 6.24. The Morgan fingerprint density at radius 3 is 2.68 bits per heavy atom. The third-order valence-corrected chi connectivity index (χ3v) is 4.41. The summed E-state index contributed by atoms with van der Waals surface area (Å²) in [6.07, 6.45) is 3.66. The molecule has 0 saturated heterocycles.